The Morgan fingerprint density at radius 3 is 1.61 bits per heavy atom. The molecule has 0 aromatic heterocycles. The van der Waals surface area contributed by atoms with Crippen molar-refractivity contribution in [2.75, 3.05) is 0 Å². The molecule has 0 rings (SSSR count). The molecule has 0 unspecified atom stereocenters. The van der Waals surface area contributed by atoms with Gasteiger partial charge in [0.05, 0.1) is 6.10 Å². The van der Waals surface area contributed by atoms with Gasteiger partial charge in [-0.15, -0.1) is 0 Å². The van der Waals surface area contributed by atoms with Crippen molar-refractivity contribution in [3.63, 3.8) is 0 Å². The van der Waals surface area contributed by atoms with Crippen molar-refractivity contribution in [2.45, 2.75) is 136 Å². The van der Waals surface area contributed by atoms with Crippen LogP contribution in [0.25, 0.3) is 0 Å². The molecule has 6 nitrogen and oxygen atoms in total. The van der Waals surface area contributed by atoms with Crippen molar-refractivity contribution >= 4 is 47.4 Å². The van der Waals surface area contributed by atoms with E-state index < -0.39 is 24.1 Å². The molecule has 2 atom stereocenters. The molecule has 0 radical (unpaired) electrons. The SMILES string of the molecule is CCCCCCCCCC(=O)N[C@H](C(=O)OC(=O)CCCCCCCCC)[C@@H](C)O.[NaH]. The van der Waals surface area contributed by atoms with Gasteiger partial charge in [-0.2, -0.15) is 0 Å². The maximum absolute atomic E-state index is 12.2. The molecule has 0 aliphatic rings. The van der Waals surface area contributed by atoms with E-state index in [4.69, 9.17) is 4.74 Å². The normalized spacial score (nSPS) is 12.5. The van der Waals surface area contributed by atoms with Crippen LogP contribution in [0.15, 0.2) is 0 Å². The van der Waals surface area contributed by atoms with E-state index in [1.54, 1.807) is 0 Å². The van der Waals surface area contributed by atoms with E-state index in [0.29, 0.717) is 12.8 Å². The van der Waals surface area contributed by atoms with Crippen LogP contribution in [0.3, 0.4) is 0 Å². The average molecular weight is 452 g/mol. The van der Waals surface area contributed by atoms with E-state index in [2.05, 4.69) is 19.2 Å². The van der Waals surface area contributed by atoms with Crippen molar-refractivity contribution < 1.29 is 24.2 Å². The predicted molar refractivity (Wildman–Crippen MR) is 127 cm³/mol. The van der Waals surface area contributed by atoms with Gasteiger partial charge in [0.15, 0.2) is 6.04 Å². The van der Waals surface area contributed by atoms with Gasteiger partial charge in [-0.3, -0.25) is 9.59 Å². The molecule has 0 aromatic rings. The molecule has 0 aliphatic heterocycles. The first-order valence-corrected chi connectivity index (χ1v) is 12.1. The Bertz CT molecular complexity index is 471. The first-order valence-electron chi connectivity index (χ1n) is 12.1. The molecule has 0 aromatic carbocycles. The van der Waals surface area contributed by atoms with Crippen LogP contribution in [0, 0.1) is 0 Å². The first kappa shape index (κ1) is 32.7. The van der Waals surface area contributed by atoms with E-state index in [1.807, 2.05) is 0 Å². The van der Waals surface area contributed by atoms with E-state index in [1.165, 1.54) is 51.9 Å². The van der Waals surface area contributed by atoms with Gasteiger partial charge in [0.25, 0.3) is 0 Å². The molecule has 0 saturated carbocycles. The number of rotatable bonds is 19. The molecule has 0 saturated heterocycles. The number of aliphatic hydroxyl groups is 1. The minimum absolute atomic E-state index is 0. The third kappa shape index (κ3) is 19.9. The number of hydrogen-bond acceptors (Lipinski definition) is 5. The molecule has 0 aliphatic carbocycles. The fourth-order valence-corrected chi connectivity index (χ4v) is 3.32. The Morgan fingerprint density at radius 2 is 1.16 bits per heavy atom. The molecular weight excluding hydrogens is 405 g/mol. The number of esters is 2. The summed E-state index contributed by atoms with van der Waals surface area (Å²) < 4.78 is 4.85. The van der Waals surface area contributed by atoms with Crippen LogP contribution in [0.1, 0.15) is 124 Å². The number of unbranched alkanes of at least 4 members (excludes halogenated alkanes) is 12. The molecule has 7 heteroatoms. The van der Waals surface area contributed by atoms with Crippen molar-refractivity contribution in [1.29, 1.82) is 0 Å². The summed E-state index contributed by atoms with van der Waals surface area (Å²) in [5, 5.41) is 12.3. The number of nitrogens with one attached hydrogen (secondary N) is 1. The quantitative estimate of drug-likeness (QED) is 0.130. The maximum atomic E-state index is 12.2. The number of hydrogen-bond donors (Lipinski definition) is 2. The summed E-state index contributed by atoms with van der Waals surface area (Å²) in [5.74, 6) is -1.78. The van der Waals surface area contributed by atoms with Crippen molar-refractivity contribution in [2.24, 2.45) is 0 Å². The first-order chi connectivity index (χ1) is 14.4. The number of carbonyl (C=O) groups excluding carboxylic acids is 3. The van der Waals surface area contributed by atoms with Gasteiger partial charge in [-0.25, -0.2) is 4.79 Å². The van der Waals surface area contributed by atoms with Crippen molar-refractivity contribution in [1.82, 2.24) is 5.32 Å². The van der Waals surface area contributed by atoms with Gasteiger partial charge in [0, 0.05) is 12.8 Å². The monoisotopic (exact) mass is 451 g/mol. The fourth-order valence-electron chi connectivity index (χ4n) is 3.32. The van der Waals surface area contributed by atoms with Gasteiger partial charge < -0.3 is 15.2 Å². The van der Waals surface area contributed by atoms with E-state index >= 15 is 0 Å². The van der Waals surface area contributed by atoms with Crippen LogP contribution in [0.5, 0.6) is 0 Å². The number of carbonyl (C=O) groups is 3. The molecule has 0 fully saturated rings. The zero-order valence-electron chi connectivity index (χ0n) is 19.5. The molecule has 31 heavy (non-hydrogen) atoms. The van der Waals surface area contributed by atoms with Gasteiger partial charge in [0.1, 0.15) is 0 Å². The Labute approximate surface area is 211 Å². The summed E-state index contributed by atoms with van der Waals surface area (Å²) in [6, 6.07) is -1.21. The van der Waals surface area contributed by atoms with Gasteiger partial charge >= 0.3 is 41.5 Å². The average Bonchev–Trinajstić information content (AvgIpc) is 2.70. The zero-order chi connectivity index (χ0) is 22.6. The summed E-state index contributed by atoms with van der Waals surface area (Å²) >= 11 is 0. The second-order valence-electron chi connectivity index (χ2n) is 8.32. The Balaban J connectivity index is 0. The standard InChI is InChI=1S/C24H45NO5.Na.H/c1-4-6-8-10-12-14-16-18-21(27)25-23(20(3)26)24(29)30-22(28)19-17-15-13-11-9-7-5-2;;/h20,23,26H,4-19H2,1-3H3,(H,25,27);;/t20-,23+;;/m1../s1. The van der Waals surface area contributed by atoms with Crippen LogP contribution < -0.4 is 5.32 Å². The van der Waals surface area contributed by atoms with Crippen LogP contribution in [0.2, 0.25) is 0 Å². The van der Waals surface area contributed by atoms with Crippen LogP contribution in [-0.4, -0.2) is 64.7 Å². The number of amides is 1. The molecule has 1 amide bonds. The fraction of sp³-hybridized carbons (Fsp3) is 0.875. The number of aliphatic hydroxyl groups excluding tert-OH is 1. The summed E-state index contributed by atoms with van der Waals surface area (Å²) in [6.45, 7) is 5.75. The molecule has 0 spiro atoms. The third-order valence-electron chi connectivity index (χ3n) is 5.26. The predicted octanol–water partition coefficient (Wildman–Crippen LogP) is 4.55. The molecule has 178 valence electrons. The van der Waals surface area contributed by atoms with Gasteiger partial charge in [-0.1, -0.05) is 90.9 Å². The molecule has 0 bridgehead atoms. The summed E-state index contributed by atoms with van der Waals surface area (Å²) in [5.41, 5.74) is 0. The van der Waals surface area contributed by atoms with Gasteiger partial charge in [0.2, 0.25) is 5.91 Å². The second kappa shape index (κ2) is 22.8. The van der Waals surface area contributed by atoms with E-state index in [0.717, 1.165) is 38.5 Å². The van der Waals surface area contributed by atoms with E-state index in [9.17, 15) is 19.5 Å². The zero-order valence-corrected chi connectivity index (χ0v) is 19.5. The summed E-state index contributed by atoms with van der Waals surface area (Å²) in [7, 11) is 0. The van der Waals surface area contributed by atoms with Crippen molar-refractivity contribution in [3.8, 4) is 0 Å². The second-order valence-corrected chi connectivity index (χ2v) is 8.32. The summed E-state index contributed by atoms with van der Waals surface area (Å²) in [6.07, 6.45) is 14.5. The number of ether oxygens (including phenoxy) is 1. The Hall–Kier alpha value is -0.430. The van der Waals surface area contributed by atoms with Gasteiger partial charge in [-0.05, 0) is 19.8 Å². The van der Waals surface area contributed by atoms with Crippen LogP contribution >= 0.6 is 0 Å². The molecular formula is C24H46NNaO5. The minimum atomic E-state index is -1.21. The Morgan fingerprint density at radius 1 is 0.742 bits per heavy atom. The molecule has 2 N–H and O–H groups in total. The summed E-state index contributed by atoms with van der Waals surface area (Å²) in [4.78, 5) is 36.2. The Kier molecular flexibility index (Phi) is 24.0. The topological polar surface area (TPSA) is 92.7 Å². The van der Waals surface area contributed by atoms with E-state index in [-0.39, 0.29) is 41.9 Å². The third-order valence-corrected chi connectivity index (χ3v) is 5.26. The van der Waals surface area contributed by atoms with Crippen LogP contribution in [-0.2, 0) is 19.1 Å². The molecule has 0 heterocycles. The van der Waals surface area contributed by atoms with Crippen LogP contribution in [0.4, 0.5) is 0 Å². The van der Waals surface area contributed by atoms with Crippen molar-refractivity contribution in [3.05, 3.63) is 0 Å².